The number of unbranched alkanes of at least 4 members (excludes halogenated alkanes) is 9. The Morgan fingerprint density at radius 1 is 0.698 bits per heavy atom. The van der Waals surface area contributed by atoms with Gasteiger partial charge in [-0.25, -0.2) is 4.79 Å². The van der Waals surface area contributed by atoms with Crippen molar-refractivity contribution in [2.45, 2.75) is 204 Å². The van der Waals surface area contributed by atoms with Crippen LogP contribution in [0.5, 0.6) is 0 Å². The smallest absolute Gasteiger partial charge is 0.334 e. The zero-order valence-corrected chi connectivity index (χ0v) is 27.0. The number of hydrogen-bond acceptors (Lipinski definition) is 8. The Labute approximate surface area is 260 Å². The third-order valence-corrected chi connectivity index (χ3v) is 9.63. The first-order valence-corrected chi connectivity index (χ1v) is 17.7. The van der Waals surface area contributed by atoms with E-state index >= 15 is 0 Å². The molecule has 0 spiro atoms. The predicted octanol–water partition coefficient (Wildman–Crippen LogP) is 6.05. The minimum atomic E-state index is -0.637. The van der Waals surface area contributed by atoms with Crippen molar-refractivity contribution in [3.05, 3.63) is 11.6 Å². The molecule has 3 aliphatic rings. The van der Waals surface area contributed by atoms with E-state index in [1.54, 1.807) is 6.08 Å². The van der Waals surface area contributed by atoms with Gasteiger partial charge in [0.05, 0.1) is 48.8 Å². The lowest BCUT2D eigenvalue weighted by Crippen LogP contribution is -2.33. The Morgan fingerprint density at radius 2 is 1.23 bits per heavy atom. The number of aliphatic hydroxyl groups is 4. The van der Waals surface area contributed by atoms with Gasteiger partial charge in [-0.1, -0.05) is 77.6 Å². The Hall–Kier alpha value is -1.03. The molecule has 43 heavy (non-hydrogen) atoms. The second-order valence-electron chi connectivity index (χ2n) is 13.5. The summed E-state index contributed by atoms with van der Waals surface area (Å²) in [4.78, 5) is 11.7. The molecule has 3 rings (SSSR count). The Morgan fingerprint density at radius 3 is 1.86 bits per heavy atom. The first-order valence-electron chi connectivity index (χ1n) is 17.7. The van der Waals surface area contributed by atoms with Crippen molar-refractivity contribution in [1.29, 1.82) is 0 Å². The third-order valence-electron chi connectivity index (χ3n) is 9.63. The van der Waals surface area contributed by atoms with Crippen molar-refractivity contribution in [3.63, 3.8) is 0 Å². The summed E-state index contributed by atoms with van der Waals surface area (Å²) >= 11 is 0. The van der Waals surface area contributed by atoms with Crippen LogP contribution < -0.4 is 0 Å². The lowest BCUT2D eigenvalue weighted by atomic mass is 9.98. The molecule has 2 fully saturated rings. The van der Waals surface area contributed by atoms with Crippen molar-refractivity contribution in [2.24, 2.45) is 0 Å². The summed E-state index contributed by atoms with van der Waals surface area (Å²) in [5.74, 6) is -0.309. The molecule has 0 aliphatic carbocycles. The molecular formula is C35H62O8. The third kappa shape index (κ3) is 13.5. The van der Waals surface area contributed by atoms with Crippen molar-refractivity contribution in [1.82, 2.24) is 0 Å². The summed E-state index contributed by atoms with van der Waals surface area (Å²) in [6.07, 6.45) is 18.7. The van der Waals surface area contributed by atoms with Gasteiger partial charge in [0.15, 0.2) is 0 Å². The molecule has 250 valence electrons. The Balaban J connectivity index is 1.19. The molecule has 8 nitrogen and oxygen atoms in total. The van der Waals surface area contributed by atoms with E-state index in [-0.39, 0.29) is 36.5 Å². The van der Waals surface area contributed by atoms with Gasteiger partial charge < -0.3 is 34.6 Å². The lowest BCUT2D eigenvalue weighted by Gasteiger charge is -2.24. The zero-order valence-electron chi connectivity index (χ0n) is 27.0. The van der Waals surface area contributed by atoms with Crippen LogP contribution in [-0.4, -0.2) is 81.3 Å². The number of rotatable bonds is 23. The highest BCUT2D eigenvalue weighted by molar-refractivity contribution is 5.90. The van der Waals surface area contributed by atoms with Gasteiger partial charge in [-0.3, -0.25) is 0 Å². The maximum absolute atomic E-state index is 11.7. The van der Waals surface area contributed by atoms with Crippen LogP contribution in [0.2, 0.25) is 0 Å². The molecule has 9 atom stereocenters. The van der Waals surface area contributed by atoms with Crippen molar-refractivity contribution < 1.29 is 39.4 Å². The monoisotopic (exact) mass is 610 g/mol. The lowest BCUT2D eigenvalue weighted by molar-refractivity contribution is -0.139. The Bertz CT molecular complexity index is 803. The molecule has 0 radical (unpaired) electrons. The topological polar surface area (TPSA) is 126 Å². The van der Waals surface area contributed by atoms with Gasteiger partial charge in [-0.15, -0.1) is 0 Å². The van der Waals surface area contributed by atoms with Crippen LogP contribution in [0.1, 0.15) is 149 Å². The van der Waals surface area contributed by atoms with E-state index in [4.69, 9.17) is 14.2 Å². The van der Waals surface area contributed by atoms with Gasteiger partial charge >= 0.3 is 5.97 Å². The van der Waals surface area contributed by atoms with Gasteiger partial charge in [0, 0.05) is 12.0 Å². The fourth-order valence-electron chi connectivity index (χ4n) is 6.94. The minimum absolute atomic E-state index is 0.149. The molecule has 4 N–H and O–H groups in total. The second kappa shape index (κ2) is 20.2. The SMILES string of the molecule is CCCCCCCCCC[C@@H](O)[C@H]1CC[C@H]([C@H](O)CC[C@H](O)[C@@H]2CC[C@@H](CCCCC[C@@H](O)CC3=C[C@H](C)OC3=O)O2)O1. The van der Waals surface area contributed by atoms with Crippen molar-refractivity contribution in [3.8, 4) is 0 Å². The number of hydrogen-bond donors (Lipinski definition) is 4. The van der Waals surface area contributed by atoms with Crippen LogP contribution >= 0.6 is 0 Å². The first kappa shape index (κ1) is 36.4. The molecule has 0 aromatic carbocycles. The maximum Gasteiger partial charge on any atom is 0.334 e. The number of carbonyl (C=O) groups excluding carboxylic acids is 1. The fourth-order valence-corrected chi connectivity index (χ4v) is 6.94. The zero-order chi connectivity index (χ0) is 31.0. The average Bonchev–Trinajstić information content (AvgIpc) is 3.73. The summed E-state index contributed by atoms with van der Waals surface area (Å²) in [6, 6.07) is 0. The highest BCUT2D eigenvalue weighted by atomic mass is 16.5. The number of esters is 1. The Kier molecular flexibility index (Phi) is 17.1. The molecule has 0 aromatic heterocycles. The number of ether oxygens (including phenoxy) is 3. The van der Waals surface area contributed by atoms with Crippen LogP contribution in [0.4, 0.5) is 0 Å². The maximum atomic E-state index is 11.7. The number of carbonyl (C=O) groups is 1. The summed E-state index contributed by atoms with van der Waals surface area (Å²) in [7, 11) is 0. The normalized spacial score (nSPS) is 28.6. The van der Waals surface area contributed by atoms with Crippen LogP contribution in [0.3, 0.4) is 0 Å². The molecular weight excluding hydrogens is 548 g/mol. The van der Waals surface area contributed by atoms with Gasteiger partial charge in [0.2, 0.25) is 0 Å². The van der Waals surface area contributed by atoms with Crippen molar-refractivity contribution in [2.75, 3.05) is 0 Å². The van der Waals surface area contributed by atoms with Crippen LogP contribution in [0.15, 0.2) is 11.6 Å². The summed E-state index contributed by atoms with van der Waals surface area (Å²) in [5, 5.41) is 42.3. The molecule has 0 aromatic rings. The standard InChI is InChI=1S/C35H62O8/c1-3-4-5-6-7-8-9-13-16-29(37)33-21-22-34(43-33)31(39)19-18-30(38)32-20-17-28(42-32)15-12-10-11-14-27(36)24-26-23-25(2)41-35(26)40/h23,25,27-34,36-39H,3-22,24H2,1-2H3/t25-,27+,28+,29+,30-,31+,32-,33+,34+/m0/s1. The minimum Gasteiger partial charge on any atom is -0.455 e. The number of cyclic esters (lactones) is 1. The molecule has 0 unspecified atom stereocenters. The van der Waals surface area contributed by atoms with Crippen molar-refractivity contribution >= 4 is 5.97 Å². The van der Waals surface area contributed by atoms with Crippen LogP contribution in [0, 0.1) is 0 Å². The van der Waals surface area contributed by atoms with Crippen LogP contribution in [-0.2, 0) is 19.0 Å². The van der Waals surface area contributed by atoms with Gasteiger partial charge in [0.25, 0.3) is 0 Å². The molecule has 8 heteroatoms. The second-order valence-corrected chi connectivity index (χ2v) is 13.5. The largest absolute Gasteiger partial charge is 0.455 e. The van der Waals surface area contributed by atoms with E-state index in [2.05, 4.69) is 6.92 Å². The predicted molar refractivity (Wildman–Crippen MR) is 168 cm³/mol. The summed E-state index contributed by atoms with van der Waals surface area (Å²) < 4.78 is 17.3. The highest BCUT2D eigenvalue weighted by Gasteiger charge is 2.36. The molecule has 0 bridgehead atoms. The molecule has 2 saturated heterocycles. The highest BCUT2D eigenvalue weighted by Crippen LogP contribution is 2.31. The summed E-state index contributed by atoms with van der Waals surface area (Å²) in [6.45, 7) is 4.06. The van der Waals surface area contributed by atoms with E-state index in [1.165, 1.54) is 38.5 Å². The fraction of sp³-hybridized carbons (Fsp3) is 0.914. The number of aliphatic hydroxyl groups excluding tert-OH is 4. The van der Waals surface area contributed by atoms with E-state index in [0.29, 0.717) is 31.3 Å². The van der Waals surface area contributed by atoms with Gasteiger partial charge in [0.1, 0.15) is 6.10 Å². The average molecular weight is 611 g/mol. The van der Waals surface area contributed by atoms with E-state index in [9.17, 15) is 25.2 Å². The molecule has 0 amide bonds. The molecule has 3 aliphatic heterocycles. The van der Waals surface area contributed by atoms with E-state index in [0.717, 1.165) is 70.6 Å². The molecule has 0 saturated carbocycles. The first-order chi connectivity index (χ1) is 20.8. The van der Waals surface area contributed by atoms with Crippen LogP contribution in [0.25, 0.3) is 0 Å². The summed E-state index contributed by atoms with van der Waals surface area (Å²) in [5.41, 5.74) is 0.583. The van der Waals surface area contributed by atoms with Gasteiger partial charge in [-0.05, 0) is 70.8 Å². The van der Waals surface area contributed by atoms with E-state index < -0.39 is 24.4 Å². The molecule has 3 heterocycles. The quantitative estimate of drug-likeness (QED) is 0.0814. The van der Waals surface area contributed by atoms with E-state index in [1.807, 2.05) is 6.92 Å². The van der Waals surface area contributed by atoms with Gasteiger partial charge in [-0.2, -0.15) is 0 Å².